The summed E-state index contributed by atoms with van der Waals surface area (Å²) in [6.45, 7) is 1.64. The van der Waals surface area contributed by atoms with Crippen LogP contribution in [0.4, 0.5) is 0 Å². The number of benzene rings is 1. The summed E-state index contributed by atoms with van der Waals surface area (Å²) >= 11 is 0. The van der Waals surface area contributed by atoms with Gasteiger partial charge in [0.2, 0.25) is 0 Å². The molecule has 0 aromatic heterocycles. The van der Waals surface area contributed by atoms with E-state index in [1.54, 1.807) is 6.92 Å². The zero-order chi connectivity index (χ0) is 14.8. The van der Waals surface area contributed by atoms with Gasteiger partial charge >= 0.3 is 5.97 Å². The number of hydrogen-bond donors (Lipinski definition) is 1. The average Bonchev–Trinajstić information content (AvgIpc) is 3.32. The predicted molar refractivity (Wildman–Crippen MR) is 78.5 cm³/mol. The first-order chi connectivity index (χ1) is 10.1. The third-order valence-corrected chi connectivity index (χ3v) is 4.26. The minimum Gasteiger partial charge on any atom is -0.452 e. The highest BCUT2D eigenvalue weighted by Crippen LogP contribution is 2.31. The maximum Gasteiger partial charge on any atom is 0.309 e. The van der Waals surface area contributed by atoms with E-state index >= 15 is 0 Å². The number of amides is 1. The van der Waals surface area contributed by atoms with Gasteiger partial charge in [-0.15, -0.1) is 0 Å². The number of nitrogens with one attached hydrogen (secondary N) is 1. The molecule has 1 amide bonds. The number of aryl methyl sites for hydroxylation is 1. The van der Waals surface area contributed by atoms with E-state index < -0.39 is 6.10 Å². The Morgan fingerprint density at radius 3 is 2.76 bits per heavy atom. The van der Waals surface area contributed by atoms with Crippen molar-refractivity contribution in [3.63, 3.8) is 0 Å². The van der Waals surface area contributed by atoms with E-state index in [2.05, 4.69) is 17.4 Å². The average molecular weight is 287 g/mol. The summed E-state index contributed by atoms with van der Waals surface area (Å²) in [7, 11) is 0. The fraction of sp³-hybridized carbons (Fsp3) is 0.529. The molecule has 1 aromatic rings. The van der Waals surface area contributed by atoms with Gasteiger partial charge in [0.25, 0.3) is 5.91 Å². The summed E-state index contributed by atoms with van der Waals surface area (Å²) in [6, 6.07) is 8.25. The summed E-state index contributed by atoms with van der Waals surface area (Å²) in [5, 5.41) is 3.02. The molecule has 1 aromatic carbocycles. The number of rotatable bonds is 4. The van der Waals surface area contributed by atoms with Gasteiger partial charge in [0, 0.05) is 0 Å². The van der Waals surface area contributed by atoms with E-state index in [9.17, 15) is 9.59 Å². The van der Waals surface area contributed by atoms with Crippen LogP contribution in [-0.2, 0) is 20.7 Å². The minimum absolute atomic E-state index is 0.0238. The highest BCUT2D eigenvalue weighted by molar-refractivity contribution is 5.84. The Hall–Kier alpha value is -1.84. The smallest absolute Gasteiger partial charge is 0.309 e. The first-order valence-corrected chi connectivity index (χ1v) is 7.74. The Labute approximate surface area is 124 Å². The SMILES string of the molecule is C[C@@H](OC(=O)C1CC1)C(=O)N[C@@H]1CCCc2ccccc21. The molecule has 0 aliphatic heterocycles. The predicted octanol–water partition coefficient (Wildman–Crippen LogP) is 2.52. The normalized spacial score (nSPS) is 22.0. The molecule has 0 saturated heterocycles. The second-order valence-electron chi connectivity index (χ2n) is 6.01. The Morgan fingerprint density at radius 1 is 1.24 bits per heavy atom. The molecule has 3 rings (SSSR count). The van der Waals surface area contributed by atoms with Crippen molar-refractivity contribution in [3.8, 4) is 0 Å². The molecule has 1 saturated carbocycles. The number of carbonyl (C=O) groups is 2. The Morgan fingerprint density at radius 2 is 2.00 bits per heavy atom. The van der Waals surface area contributed by atoms with Crippen molar-refractivity contribution >= 4 is 11.9 Å². The number of esters is 1. The number of carbonyl (C=O) groups excluding carboxylic acids is 2. The molecule has 2 aliphatic rings. The Balaban J connectivity index is 1.61. The van der Waals surface area contributed by atoms with Gasteiger partial charge in [-0.05, 0) is 50.2 Å². The van der Waals surface area contributed by atoms with Gasteiger partial charge in [0.1, 0.15) is 0 Å². The van der Waals surface area contributed by atoms with E-state index in [0.29, 0.717) is 0 Å². The fourth-order valence-electron chi connectivity index (χ4n) is 2.84. The molecule has 0 spiro atoms. The third-order valence-electron chi connectivity index (χ3n) is 4.26. The van der Waals surface area contributed by atoms with Gasteiger partial charge in [-0.25, -0.2) is 0 Å². The minimum atomic E-state index is -0.716. The maximum absolute atomic E-state index is 12.2. The lowest BCUT2D eigenvalue weighted by molar-refractivity contribution is -0.156. The molecule has 0 bridgehead atoms. The lowest BCUT2D eigenvalue weighted by atomic mass is 9.87. The zero-order valence-corrected chi connectivity index (χ0v) is 12.3. The van der Waals surface area contributed by atoms with Crippen molar-refractivity contribution in [2.45, 2.75) is 51.2 Å². The standard InChI is InChI=1S/C17H21NO3/c1-11(21-17(20)13-9-10-13)16(19)18-15-8-4-6-12-5-2-3-7-14(12)15/h2-3,5,7,11,13,15H,4,6,8-10H2,1H3,(H,18,19)/t11-,15-/m1/s1. The van der Waals surface area contributed by atoms with Crippen LogP contribution < -0.4 is 5.32 Å². The first-order valence-electron chi connectivity index (χ1n) is 7.74. The molecular weight excluding hydrogens is 266 g/mol. The summed E-state index contributed by atoms with van der Waals surface area (Å²) in [5.74, 6) is -0.414. The van der Waals surface area contributed by atoms with Crippen molar-refractivity contribution < 1.29 is 14.3 Å². The van der Waals surface area contributed by atoms with Crippen molar-refractivity contribution in [3.05, 3.63) is 35.4 Å². The van der Waals surface area contributed by atoms with E-state index in [1.165, 1.54) is 11.1 Å². The van der Waals surface area contributed by atoms with E-state index in [1.807, 2.05) is 12.1 Å². The van der Waals surface area contributed by atoms with Gasteiger partial charge in [-0.1, -0.05) is 24.3 Å². The van der Waals surface area contributed by atoms with Crippen molar-refractivity contribution in [1.29, 1.82) is 0 Å². The number of ether oxygens (including phenoxy) is 1. The van der Waals surface area contributed by atoms with E-state index in [-0.39, 0.29) is 23.8 Å². The van der Waals surface area contributed by atoms with Crippen LogP contribution in [0.1, 0.15) is 49.8 Å². The van der Waals surface area contributed by atoms with Crippen LogP contribution in [-0.4, -0.2) is 18.0 Å². The quantitative estimate of drug-likeness (QED) is 0.866. The third kappa shape index (κ3) is 3.26. The molecule has 0 unspecified atom stereocenters. The molecule has 21 heavy (non-hydrogen) atoms. The van der Waals surface area contributed by atoms with Gasteiger partial charge in [0.05, 0.1) is 12.0 Å². The zero-order valence-electron chi connectivity index (χ0n) is 12.3. The van der Waals surface area contributed by atoms with Gasteiger partial charge in [-0.2, -0.15) is 0 Å². The molecule has 112 valence electrons. The van der Waals surface area contributed by atoms with Crippen LogP contribution in [0.25, 0.3) is 0 Å². The summed E-state index contributed by atoms with van der Waals surface area (Å²) in [4.78, 5) is 23.8. The second kappa shape index (κ2) is 5.88. The van der Waals surface area contributed by atoms with E-state index in [4.69, 9.17) is 4.74 Å². The molecule has 1 fully saturated rings. The van der Waals surface area contributed by atoms with E-state index in [0.717, 1.165) is 32.1 Å². The molecule has 4 heteroatoms. The summed E-state index contributed by atoms with van der Waals surface area (Å²) in [5.41, 5.74) is 2.49. The number of hydrogen-bond acceptors (Lipinski definition) is 3. The summed E-state index contributed by atoms with van der Waals surface area (Å²) < 4.78 is 5.21. The van der Waals surface area contributed by atoms with Crippen molar-refractivity contribution in [2.24, 2.45) is 5.92 Å². The van der Waals surface area contributed by atoms with Gasteiger partial charge in [0.15, 0.2) is 6.10 Å². The van der Waals surface area contributed by atoms with Crippen LogP contribution in [0.3, 0.4) is 0 Å². The van der Waals surface area contributed by atoms with Gasteiger partial charge < -0.3 is 10.1 Å². The Kier molecular flexibility index (Phi) is 3.95. The molecule has 0 heterocycles. The highest BCUT2D eigenvalue weighted by Gasteiger charge is 2.34. The second-order valence-corrected chi connectivity index (χ2v) is 6.01. The van der Waals surface area contributed by atoms with Crippen LogP contribution in [0.2, 0.25) is 0 Å². The molecule has 2 atom stereocenters. The largest absolute Gasteiger partial charge is 0.452 e. The molecule has 4 nitrogen and oxygen atoms in total. The monoisotopic (exact) mass is 287 g/mol. The lowest BCUT2D eigenvalue weighted by Crippen LogP contribution is -2.39. The van der Waals surface area contributed by atoms with Crippen molar-refractivity contribution in [2.75, 3.05) is 0 Å². The van der Waals surface area contributed by atoms with Crippen LogP contribution in [0, 0.1) is 5.92 Å². The lowest BCUT2D eigenvalue weighted by Gasteiger charge is -2.27. The molecular formula is C17H21NO3. The Bertz CT molecular complexity index is 551. The summed E-state index contributed by atoms with van der Waals surface area (Å²) in [6.07, 6.45) is 4.14. The molecule has 0 radical (unpaired) electrons. The van der Waals surface area contributed by atoms with Crippen molar-refractivity contribution in [1.82, 2.24) is 5.32 Å². The number of fused-ring (bicyclic) bond motifs is 1. The topological polar surface area (TPSA) is 55.4 Å². The molecule has 1 N–H and O–H groups in total. The maximum atomic E-state index is 12.2. The molecule has 2 aliphatic carbocycles. The van der Waals surface area contributed by atoms with Gasteiger partial charge in [-0.3, -0.25) is 9.59 Å². The van der Waals surface area contributed by atoms with Crippen LogP contribution in [0.5, 0.6) is 0 Å². The fourth-order valence-corrected chi connectivity index (χ4v) is 2.84. The first kappa shape index (κ1) is 14.1. The van der Waals surface area contributed by atoms with Crippen LogP contribution in [0.15, 0.2) is 24.3 Å². The highest BCUT2D eigenvalue weighted by atomic mass is 16.5. The van der Waals surface area contributed by atoms with Crippen LogP contribution >= 0.6 is 0 Å².